The Labute approximate surface area is 201 Å². The van der Waals surface area contributed by atoms with Gasteiger partial charge in [-0.3, -0.25) is 9.69 Å². The molecule has 0 atom stereocenters. The van der Waals surface area contributed by atoms with Crippen LogP contribution in [0.5, 0.6) is 0 Å². The second-order valence-electron chi connectivity index (χ2n) is 9.36. The molecular formula is C27H35N5O2. The van der Waals surface area contributed by atoms with Gasteiger partial charge in [0, 0.05) is 79.7 Å². The van der Waals surface area contributed by atoms with Crippen LogP contribution < -0.4 is 10.2 Å². The van der Waals surface area contributed by atoms with E-state index in [2.05, 4.69) is 62.4 Å². The van der Waals surface area contributed by atoms with E-state index in [1.54, 1.807) is 0 Å². The number of aromatic nitrogens is 1. The first-order valence-electron chi connectivity index (χ1n) is 12.4. The molecule has 0 aliphatic carbocycles. The molecule has 2 N–H and O–H groups in total. The van der Waals surface area contributed by atoms with Gasteiger partial charge in [0.05, 0.1) is 13.2 Å². The first-order chi connectivity index (χ1) is 16.7. The van der Waals surface area contributed by atoms with Crippen molar-refractivity contribution in [2.75, 3.05) is 77.5 Å². The van der Waals surface area contributed by atoms with Crippen molar-refractivity contribution in [3.63, 3.8) is 0 Å². The summed E-state index contributed by atoms with van der Waals surface area (Å²) in [6, 6.07) is 14.8. The van der Waals surface area contributed by atoms with Crippen LogP contribution in [0.25, 0.3) is 22.0 Å². The molecule has 1 aromatic heterocycles. The van der Waals surface area contributed by atoms with E-state index in [0.717, 1.165) is 81.9 Å². The summed E-state index contributed by atoms with van der Waals surface area (Å²) in [5, 5.41) is 4.20. The number of rotatable bonds is 7. The van der Waals surface area contributed by atoms with Crippen LogP contribution in [0.2, 0.25) is 0 Å². The van der Waals surface area contributed by atoms with Crippen LogP contribution in [0.4, 0.5) is 5.69 Å². The van der Waals surface area contributed by atoms with Crippen molar-refractivity contribution in [3.8, 4) is 11.1 Å². The maximum absolute atomic E-state index is 12.7. The van der Waals surface area contributed by atoms with E-state index in [4.69, 9.17) is 4.74 Å². The number of anilines is 1. The highest BCUT2D eigenvalue weighted by atomic mass is 16.5. The normalized spacial score (nSPS) is 17.9. The smallest absolute Gasteiger partial charge is 0.251 e. The molecule has 7 nitrogen and oxygen atoms in total. The van der Waals surface area contributed by atoms with E-state index in [0.29, 0.717) is 12.1 Å². The first kappa shape index (κ1) is 22.9. The third kappa shape index (κ3) is 5.27. The summed E-state index contributed by atoms with van der Waals surface area (Å²) < 4.78 is 5.38. The lowest BCUT2D eigenvalue weighted by atomic mass is 10.0. The molecule has 2 saturated heterocycles. The van der Waals surface area contributed by atoms with E-state index in [1.807, 2.05) is 18.3 Å². The summed E-state index contributed by atoms with van der Waals surface area (Å²) in [5.74, 6) is -0.0171. The molecule has 2 fully saturated rings. The summed E-state index contributed by atoms with van der Waals surface area (Å²) in [7, 11) is 2.18. The van der Waals surface area contributed by atoms with Gasteiger partial charge in [-0.25, -0.2) is 0 Å². The number of H-pyrrole nitrogens is 1. The average Bonchev–Trinajstić information content (AvgIpc) is 3.31. The number of fused-ring (bicyclic) bond motifs is 1. The maximum Gasteiger partial charge on any atom is 0.251 e. The predicted molar refractivity (Wildman–Crippen MR) is 138 cm³/mol. The summed E-state index contributed by atoms with van der Waals surface area (Å²) in [5.41, 5.74) is 5.31. The van der Waals surface area contributed by atoms with Crippen LogP contribution in [0.3, 0.4) is 0 Å². The largest absolute Gasteiger partial charge is 0.379 e. The molecule has 3 aromatic rings. The van der Waals surface area contributed by atoms with Gasteiger partial charge in [0.25, 0.3) is 5.91 Å². The van der Waals surface area contributed by atoms with Gasteiger partial charge in [-0.15, -0.1) is 0 Å². The second-order valence-corrected chi connectivity index (χ2v) is 9.36. The molecule has 0 radical (unpaired) electrons. The van der Waals surface area contributed by atoms with Gasteiger partial charge in [0.15, 0.2) is 0 Å². The molecule has 180 valence electrons. The number of morpholine rings is 1. The highest BCUT2D eigenvalue weighted by Gasteiger charge is 2.15. The van der Waals surface area contributed by atoms with Crippen LogP contribution >= 0.6 is 0 Å². The molecule has 0 saturated carbocycles. The van der Waals surface area contributed by atoms with Crippen molar-refractivity contribution in [1.82, 2.24) is 20.1 Å². The number of hydrogen-bond donors (Lipinski definition) is 2. The topological polar surface area (TPSA) is 63.8 Å². The molecule has 34 heavy (non-hydrogen) atoms. The number of hydrogen-bond acceptors (Lipinski definition) is 5. The Bertz CT molecular complexity index is 1100. The molecule has 2 aliphatic rings. The van der Waals surface area contributed by atoms with Crippen LogP contribution in [-0.4, -0.2) is 93.3 Å². The molecule has 2 aliphatic heterocycles. The Morgan fingerprint density at radius 3 is 2.53 bits per heavy atom. The number of nitrogens with one attached hydrogen (secondary N) is 2. The highest BCUT2D eigenvalue weighted by Crippen LogP contribution is 2.31. The van der Waals surface area contributed by atoms with E-state index in [1.165, 1.54) is 11.3 Å². The zero-order valence-electron chi connectivity index (χ0n) is 20.1. The lowest BCUT2D eigenvalue weighted by molar-refractivity contribution is 0.0374. The van der Waals surface area contributed by atoms with Gasteiger partial charge in [-0.2, -0.15) is 0 Å². The first-order valence-corrected chi connectivity index (χ1v) is 12.4. The molecule has 2 aromatic carbocycles. The number of ether oxygens (including phenoxy) is 1. The fraction of sp³-hybridized carbons (Fsp3) is 0.444. The third-order valence-corrected chi connectivity index (χ3v) is 7.03. The van der Waals surface area contributed by atoms with Crippen molar-refractivity contribution >= 4 is 22.5 Å². The van der Waals surface area contributed by atoms with Crippen LogP contribution in [-0.2, 0) is 4.74 Å². The zero-order valence-corrected chi connectivity index (χ0v) is 20.1. The van der Waals surface area contributed by atoms with Crippen molar-refractivity contribution < 1.29 is 9.53 Å². The summed E-state index contributed by atoms with van der Waals surface area (Å²) in [4.78, 5) is 23.2. The molecule has 3 heterocycles. The molecule has 5 rings (SSSR count). The molecular weight excluding hydrogens is 426 g/mol. The number of aromatic amines is 1. The monoisotopic (exact) mass is 461 g/mol. The van der Waals surface area contributed by atoms with E-state index >= 15 is 0 Å². The maximum atomic E-state index is 12.7. The van der Waals surface area contributed by atoms with Gasteiger partial charge in [0.1, 0.15) is 0 Å². The van der Waals surface area contributed by atoms with Gasteiger partial charge >= 0.3 is 0 Å². The van der Waals surface area contributed by atoms with Gasteiger partial charge in [-0.1, -0.05) is 18.2 Å². The van der Waals surface area contributed by atoms with Crippen molar-refractivity contribution in [2.24, 2.45) is 0 Å². The van der Waals surface area contributed by atoms with E-state index in [-0.39, 0.29) is 5.91 Å². The molecule has 7 heteroatoms. The third-order valence-electron chi connectivity index (χ3n) is 7.03. The Balaban J connectivity index is 1.20. The minimum absolute atomic E-state index is 0.0171. The number of piperazine rings is 1. The Morgan fingerprint density at radius 1 is 1.00 bits per heavy atom. The zero-order chi connectivity index (χ0) is 23.3. The summed E-state index contributed by atoms with van der Waals surface area (Å²) in [6.45, 7) is 9.62. The Morgan fingerprint density at radius 2 is 1.76 bits per heavy atom. The molecule has 0 unspecified atom stereocenters. The SMILES string of the molecule is CN1CCN(c2ccc(-c3c[nH]c4cc(C(=O)NCCCN5CCOCC5)ccc34)cc2)CC1. The van der Waals surface area contributed by atoms with E-state index < -0.39 is 0 Å². The van der Waals surface area contributed by atoms with Crippen LogP contribution in [0.1, 0.15) is 16.8 Å². The van der Waals surface area contributed by atoms with Crippen LogP contribution in [0.15, 0.2) is 48.7 Å². The minimum Gasteiger partial charge on any atom is -0.379 e. The average molecular weight is 462 g/mol. The Hall–Kier alpha value is -2.87. The number of benzene rings is 2. The standard InChI is InChI=1S/C27H35N5O2/c1-30-11-13-32(14-12-30)23-6-3-21(4-7-23)25-20-29-26-19-22(5-8-24(25)26)27(33)28-9-2-10-31-15-17-34-18-16-31/h3-8,19-20,29H,2,9-18H2,1H3,(H,28,33). The lowest BCUT2D eigenvalue weighted by Gasteiger charge is -2.34. The quantitative estimate of drug-likeness (QED) is 0.530. The highest BCUT2D eigenvalue weighted by molar-refractivity contribution is 6.02. The van der Waals surface area contributed by atoms with Gasteiger partial charge in [-0.05, 0) is 49.8 Å². The number of nitrogens with zero attached hydrogens (tertiary/aromatic N) is 3. The number of carbonyl (C=O) groups excluding carboxylic acids is 1. The fourth-order valence-corrected chi connectivity index (χ4v) is 4.85. The number of carbonyl (C=O) groups is 1. The minimum atomic E-state index is -0.0171. The lowest BCUT2D eigenvalue weighted by Crippen LogP contribution is -2.44. The van der Waals surface area contributed by atoms with Crippen molar-refractivity contribution in [3.05, 3.63) is 54.2 Å². The Kier molecular flexibility index (Phi) is 7.13. The van der Waals surface area contributed by atoms with Gasteiger partial charge < -0.3 is 24.8 Å². The number of amides is 1. The second kappa shape index (κ2) is 10.6. The van der Waals surface area contributed by atoms with Crippen molar-refractivity contribution in [1.29, 1.82) is 0 Å². The van der Waals surface area contributed by atoms with Crippen molar-refractivity contribution in [2.45, 2.75) is 6.42 Å². The van der Waals surface area contributed by atoms with Gasteiger partial charge in [0.2, 0.25) is 0 Å². The summed E-state index contributed by atoms with van der Waals surface area (Å²) in [6.07, 6.45) is 2.99. The van der Waals surface area contributed by atoms with Crippen LogP contribution in [0, 0.1) is 0 Å². The number of likely N-dealkylation sites (N-methyl/N-ethyl adjacent to an activating group) is 1. The van der Waals surface area contributed by atoms with E-state index in [9.17, 15) is 4.79 Å². The fourth-order valence-electron chi connectivity index (χ4n) is 4.85. The summed E-state index contributed by atoms with van der Waals surface area (Å²) >= 11 is 0. The molecule has 0 spiro atoms. The molecule has 0 bridgehead atoms. The molecule has 1 amide bonds. The predicted octanol–water partition coefficient (Wildman–Crippen LogP) is 3.04.